The second kappa shape index (κ2) is 5.33. The summed E-state index contributed by atoms with van der Waals surface area (Å²) >= 11 is 0. The van der Waals surface area contributed by atoms with E-state index >= 15 is 0 Å². The number of carbonyl (C=O) groups excluding carboxylic acids is 2. The molecular weight excluding hydrogens is 294 g/mol. The van der Waals surface area contributed by atoms with Gasteiger partial charge in [-0.05, 0) is 51.6 Å². The Balaban J connectivity index is 1.60. The molecule has 4 heterocycles. The molecule has 0 aliphatic carbocycles. The molecule has 3 saturated heterocycles. The number of hydrogen-bond acceptors (Lipinski definition) is 5. The molecule has 4 aliphatic rings. The number of esters is 2. The SMILES string of the molecule is CC1=C[C@H]([C@@H]2CC[C@@H]3N2CCCC[C@]32C[C@@H](C)C(=O)O2)OC1=O. The first-order valence-corrected chi connectivity index (χ1v) is 8.88. The Morgan fingerprint density at radius 1 is 1.26 bits per heavy atom. The molecule has 0 unspecified atom stereocenters. The third-order valence-electron chi connectivity index (χ3n) is 6.15. The minimum Gasteiger partial charge on any atom is -0.457 e. The lowest BCUT2D eigenvalue weighted by Crippen LogP contribution is -2.52. The van der Waals surface area contributed by atoms with Crippen molar-refractivity contribution < 1.29 is 19.1 Å². The van der Waals surface area contributed by atoms with Crippen LogP contribution < -0.4 is 0 Å². The van der Waals surface area contributed by atoms with Gasteiger partial charge >= 0.3 is 11.9 Å². The molecule has 5 atom stereocenters. The van der Waals surface area contributed by atoms with Crippen LogP contribution in [0.5, 0.6) is 0 Å². The third kappa shape index (κ3) is 2.32. The minimum absolute atomic E-state index is 0.000415. The lowest BCUT2D eigenvalue weighted by Gasteiger charge is -2.39. The van der Waals surface area contributed by atoms with Crippen molar-refractivity contribution in [3.8, 4) is 0 Å². The topological polar surface area (TPSA) is 55.8 Å². The minimum atomic E-state index is -0.316. The number of ether oxygens (including phenoxy) is 2. The predicted octanol–water partition coefficient (Wildman–Crippen LogP) is 2.20. The van der Waals surface area contributed by atoms with Gasteiger partial charge in [0.25, 0.3) is 0 Å². The van der Waals surface area contributed by atoms with Gasteiger partial charge in [0.15, 0.2) is 0 Å². The molecule has 0 aromatic rings. The molecule has 5 heteroatoms. The van der Waals surface area contributed by atoms with Crippen LogP contribution in [0.4, 0.5) is 0 Å². The van der Waals surface area contributed by atoms with Crippen molar-refractivity contribution in [1.29, 1.82) is 0 Å². The molecule has 0 N–H and O–H groups in total. The van der Waals surface area contributed by atoms with E-state index in [1.165, 1.54) is 0 Å². The number of rotatable bonds is 1. The highest BCUT2D eigenvalue weighted by atomic mass is 16.6. The summed E-state index contributed by atoms with van der Waals surface area (Å²) in [5, 5.41) is 0. The molecule has 0 radical (unpaired) electrons. The summed E-state index contributed by atoms with van der Waals surface area (Å²) in [5.41, 5.74) is 0.396. The zero-order valence-corrected chi connectivity index (χ0v) is 13.9. The summed E-state index contributed by atoms with van der Waals surface area (Å²) in [4.78, 5) is 26.3. The van der Waals surface area contributed by atoms with Crippen molar-refractivity contribution in [2.75, 3.05) is 6.54 Å². The van der Waals surface area contributed by atoms with Gasteiger partial charge in [-0.3, -0.25) is 9.69 Å². The molecule has 1 spiro atoms. The summed E-state index contributed by atoms with van der Waals surface area (Å²) in [6.07, 6.45) is 7.86. The summed E-state index contributed by atoms with van der Waals surface area (Å²) in [6.45, 7) is 4.80. The molecule has 0 saturated carbocycles. The Labute approximate surface area is 137 Å². The van der Waals surface area contributed by atoms with Gasteiger partial charge in [-0.25, -0.2) is 4.79 Å². The van der Waals surface area contributed by atoms with Crippen molar-refractivity contribution >= 4 is 11.9 Å². The highest BCUT2D eigenvalue weighted by molar-refractivity contribution is 5.90. The molecular formula is C18H25NO4. The highest BCUT2D eigenvalue weighted by Crippen LogP contribution is 2.47. The smallest absolute Gasteiger partial charge is 0.334 e. The zero-order chi connectivity index (χ0) is 16.2. The second-order valence-corrected chi connectivity index (χ2v) is 7.67. The van der Waals surface area contributed by atoms with E-state index in [0.29, 0.717) is 5.57 Å². The van der Waals surface area contributed by atoms with Crippen molar-refractivity contribution in [3.05, 3.63) is 11.6 Å². The number of hydrogen-bond donors (Lipinski definition) is 0. The van der Waals surface area contributed by atoms with Crippen molar-refractivity contribution in [3.63, 3.8) is 0 Å². The molecule has 126 valence electrons. The molecule has 4 rings (SSSR count). The maximum Gasteiger partial charge on any atom is 0.334 e. The average molecular weight is 319 g/mol. The van der Waals surface area contributed by atoms with Crippen molar-refractivity contribution in [2.45, 2.75) is 76.2 Å². The van der Waals surface area contributed by atoms with E-state index in [1.54, 1.807) is 0 Å². The van der Waals surface area contributed by atoms with Crippen LogP contribution in [0, 0.1) is 5.92 Å². The van der Waals surface area contributed by atoms with Crippen LogP contribution in [-0.4, -0.2) is 47.2 Å². The van der Waals surface area contributed by atoms with Gasteiger partial charge in [0, 0.05) is 12.0 Å². The van der Waals surface area contributed by atoms with Gasteiger partial charge in [-0.15, -0.1) is 0 Å². The number of carbonyl (C=O) groups is 2. The molecule has 0 aromatic heterocycles. The number of fused-ring (bicyclic) bond motifs is 2. The fourth-order valence-corrected chi connectivity index (χ4v) is 5.07. The van der Waals surface area contributed by atoms with Gasteiger partial charge in [0.05, 0.1) is 18.0 Å². The lowest BCUT2D eigenvalue weighted by molar-refractivity contribution is -0.155. The quantitative estimate of drug-likeness (QED) is 0.694. The van der Waals surface area contributed by atoms with E-state index in [9.17, 15) is 9.59 Å². The monoisotopic (exact) mass is 319 g/mol. The highest BCUT2D eigenvalue weighted by Gasteiger charge is 2.56. The second-order valence-electron chi connectivity index (χ2n) is 7.67. The van der Waals surface area contributed by atoms with E-state index in [4.69, 9.17) is 9.47 Å². The lowest BCUT2D eigenvalue weighted by atomic mass is 9.83. The molecule has 3 fully saturated rings. The van der Waals surface area contributed by atoms with Crippen LogP contribution in [0.25, 0.3) is 0 Å². The van der Waals surface area contributed by atoms with E-state index in [2.05, 4.69) is 4.90 Å². The predicted molar refractivity (Wildman–Crippen MR) is 83.6 cm³/mol. The van der Waals surface area contributed by atoms with Crippen LogP contribution in [0.3, 0.4) is 0 Å². The van der Waals surface area contributed by atoms with Crippen LogP contribution in [0.15, 0.2) is 11.6 Å². The third-order valence-corrected chi connectivity index (χ3v) is 6.15. The summed E-state index contributed by atoms with van der Waals surface area (Å²) < 4.78 is 11.5. The molecule has 0 aromatic carbocycles. The average Bonchev–Trinajstić information content (AvgIpc) is 3.11. The van der Waals surface area contributed by atoms with E-state index in [0.717, 1.165) is 45.1 Å². The maximum absolute atomic E-state index is 12.1. The molecule has 0 bridgehead atoms. The molecule has 5 nitrogen and oxygen atoms in total. The van der Waals surface area contributed by atoms with Crippen LogP contribution in [-0.2, 0) is 19.1 Å². The zero-order valence-electron chi connectivity index (χ0n) is 13.9. The van der Waals surface area contributed by atoms with Crippen molar-refractivity contribution in [2.24, 2.45) is 5.92 Å². The van der Waals surface area contributed by atoms with Crippen LogP contribution in [0.1, 0.15) is 52.4 Å². The Hall–Kier alpha value is -1.36. The molecule has 4 aliphatic heterocycles. The Morgan fingerprint density at radius 2 is 2.09 bits per heavy atom. The van der Waals surface area contributed by atoms with E-state index in [-0.39, 0.29) is 41.6 Å². The number of nitrogens with zero attached hydrogens (tertiary/aromatic N) is 1. The van der Waals surface area contributed by atoms with Crippen LogP contribution >= 0.6 is 0 Å². The largest absolute Gasteiger partial charge is 0.457 e. The first-order chi connectivity index (χ1) is 11.0. The fourth-order valence-electron chi connectivity index (χ4n) is 5.07. The standard InChI is InChI=1S/C18H25NO4/c1-11-9-14(22-16(11)20)13-5-6-15-18(7-3-4-8-19(13)15)10-12(2)17(21)23-18/h9,12-15H,3-8,10H2,1-2H3/t12-,13+,14-,15+,18+/m1/s1. The van der Waals surface area contributed by atoms with Crippen molar-refractivity contribution in [1.82, 2.24) is 4.90 Å². The van der Waals surface area contributed by atoms with Gasteiger partial charge in [-0.2, -0.15) is 0 Å². The number of cyclic esters (lactones) is 1. The fraction of sp³-hybridized carbons (Fsp3) is 0.778. The summed E-state index contributed by atoms with van der Waals surface area (Å²) in [5.74, 6) is -0.234. The Morgan fingerprint density at radius 3 is 2.74 bits per heavy atom. The Kier molecular flexibility index (Phi) is 3.52. The normalized spacial score (nSPS) is 44.0. The molecule has 23 heavy (non-hydrogen) atoms. The van der Waals surface area contributed by atoms with Gasteiger partial charge in [-0.1, -0.05) is 6.92 Å². The van der Waals surface area contributed by atoms with Gasteiger partial charge in [0.1, 0.15) is 11.7 Å². The van der Waals surface area contributed by atoms with Gasteiger partial charge in [0.2, 0.25) is 0 Å². The van der Waals surface area contributed by atoms with E-state index in [1.807, 2.05) is 19.9 Å². The van der Waals surface area contributed by atoms with E-state index < -0.39 is 0 Å². The summed E-state index contributed by atoms with van der Waals surface area (Å²) in [7, 11) is 0. The van der Waals surface area contributed by atoms with Crippen LogP contribution in [0.2, 0.25) is 0 Å². The maximum atomic E-state index is 12.1. The summed E-state index contributed by atoms with van der Waals surface area (Å²) in [6, 6.07) is 0.503. The Bertz CT molecular complexity index is 571. The molecule has 0 amide bonds. The van der Waals surface area contributed by atoms with Gasteiger partial charge < -0.3 is 9.47 Å². The first kappa shape index (κ1) is 15.2. The first-order valence-electron chi connectivity index (χ1n) is 8.88.